The van der Waals surface area contributed by atoms with E-state index in [1.165, 1.54) is 0 Å². The lowest BCUT2D eigenvalue weighted by Crippen LogP contribution is -2.32. The predicted molar refractivity (Wildman–Crippen MR) is 78.8 cm³/mol. The Labute approximate surface area is 128 Å². The first kappa shape index (κ1) is 14.4. The zero-order valence-electron chi connectivity index (χ0n) is 12.8. The van der Waals surface area contributed by atoms with E-state index in [4.69, 9.17) is 9.47 Å². The van der Waals surface area contributed by atoms with Crippen molar-refractivity contribution in [3.05, 3.63) is 35.9 Å². The van der Waals surface area contributed by atoms with Crippen molar-refractivity contribution in [3.8, 4) is 11.4 Å². The maximum absolute atomic E-state index is 11.7. The second-order valence-electron chi connectivity index (χ2n) is 6.06. The van der Waals surface area contributed by atoms with Gasteiger partial charge in [-0.15, -0.1) is 10.2 Å². The van der Waals surface area contributed by atoms with Crippen LogP contribution in [0.4, 0.5) is 4.79 Å². The van der Waals surface area contributed by atoms with Crippen LogP contribution < -0.4 is 10.1 Å². The minimum atomic E-state index is -0.509. The molecule has 0 fully saturated rings. The third-order valence-electron chi connectivity index (χ3n) is 3.09. The summed E-state index contributed by atoms with van der Waals surface area (Å²) in [5, 5.41) is 10.6. The van der Waals surface area contributed by atoms with Crippen LogP contribution in [0.5, 0.6) is 5.75 Å². The number of aromatic nitrogens is 3. The van der Waals surface area contributed by atoms with Gasteiger partial charge in [-0.3, -0.25) is 4.57 Å². The molecule has 0 radical (unpaired) electrons. The van der Waals surface area contributed by atoms with Crippen molar-refractivity contribution >= 4 is 6.09 Å². The molecule has 7 nitrogen and oxygen atoms in total. The fourth-order valence-corrected chi connectivity index (χ4v) is 2.17. The molecule has 1 N–H and O–H groups in total. The first-order chi connectivity index (χ1) is 10.4. The number of hydrogen-bond donors (Lipinski definition) is 1. The molecule has 1 aromatic carbocycles. The van der Waals surface area contributed by atoms with Crippen molar-refractivity contribution in [2.45, 2.75) is 39.5 Å². The maximum atomic E-state index is 11.7. The Morgan fingerprint density at radius 1 is 1.45 bits per heavy atom. The van der Waals surface area contributed by atoms with Crippen molar-refractivity contribution in [1.82, 2.24) is 20.1 Å². The molecule has 1 amide bonds. The number of carbonyl (C=O) groups is 1. The molecule has 0 aliphatic carbocycles. The lowest BCUT2D eigenvalue weighted by atomic mass is 10.1. The molecule has 116 valence electrons. The number of ether oxygens (including phenoxy) is 2. The van der Waals surface area contributed by atoms with Crippen LogP contribution in [0.3, 0.4) is 0 Å². The molecule has 2 aromatic rings. The van der Waals surface area contributed by atoms with E-state index in [2.05, 4.69) is 15.5 Å². The summed E-state index contributed by atoms with van der Waals surface area (Å²) in [5.41, 5.74) is 1.30. The zero-order chi connectivity index (χ0) is 15.7. The first-order valence-corrected chi connectivity index (χ1v) is 7.04. The average molecular weight is 302 g/mol. The summed E-state index contributed by atoms with van der Waals surface area (Å²) >= 11 is 0. The largest absolute Gasteiger partial charge is 0.483 e. The Kier molecular flexibility index (Phi) is 3.48. The second-order valence-corrected chi connectivity index (χ2v) is 6.06. The molecular weight excluding hydrogens is 284 g/mol. The maximum Gasteiger partial charge on any atom is 0.407 e. The van der Waals surface area contributed by atoms with Crippen molar-refractivity contribution in [2.75, 3.05) is 0 Å². The smallest absolute Gasteiger partial charge is 0.407 e. The van der Waals surface area contributed by atoms with Crippen LogP contribution in [-0.2, 0) is 17.9 Å². The Hall–Kier alpha value is -2.57. The first-order valence-electron chi connectivity index (χ1n) is 7.04. The van der Waals surface area contributed by atoms with Gasteiger partial charge in [0.1, 0.15) is 24.3 Å². The van der Waals surface area contributed by atoms with Gasteiger partial charge in [0.2, 0.25) is 0 Å². The highest BCUT2D eigenvalue weighted by Crippen LogP contribution is 2.29. The molecule has 0 saturated heterocycles. The normalized spacial score (nSPS) is 12.9. The van der Waals surface area contributed by atoms with E-state index in [0.717, 1.165) is 22.8 Å². The molecule has 22 heavy (non-hydrogen) atoms. The minimum Gasteiger partial charge on any atom is -0.483 e. The number of alkyl carbamates (subject to hydrolysis) is 1. The summed E-state index contributed by atoms with van der Waals surface area (Å²) in [4.78, 5) is 11.7. The summed E-state index contributed by atoms with van der Waals surface area (Å²) in [7, 11) is 0. The SMILES string of the molecule is CC(C)(C)OC(=O)NCc1ccc2c(c1)-n1cnnc1CO2. The molecular formula is C15H18N4O3. The van der Waals surface area contributed by atoms with Crippen LogP contribution in [0, 0.1) is 0 Å². The molecule has 0 saturated carbocycles. The van der Waals surface area contributed by atoms with E-state index in [-0.39, 0.29) is 0 Å². The minimum absolute atomic E-state index is 0.375. The number of hydrogen-bond acceptors (Lipinski definition) is 5. The topological polar surface area (TPSA) is 78.3 Å². The Morgan fingerprint density at radius 3 is 3.05 bits per heavy atom. The quantitative estimate of drug-likeness (QED) is 0.920. The van der Waals surface area contributed by atoms with Crippen LogP contribution in [0.1, 0.15) is 32.2 Å². The Morgan fingerprint density at radius 2 is 2.27 bits per heavy atom. The van der Waals surface area contributed by atoms with Crippen LogP contribution in [-0.4, -0.2) is 26.5 Å². The lowest BCUT2D eigenvalue weighted by Gasteiger charge is -2.21. The Balaban J connectivity index is 1.72. The van der Waals surface area contributed by atoms with Gasteiger partial charge >= 0.3 is 6.09 Å². The van der Waals surface area contributed by atoms with Gasteiger partial charge in [0.15, 0.2) is 5.82 Å². The van der Waals surface area contributed by atoms with E-state index >= 15 is 0 Å². The number of fused-ring (bicyclic) bond motifs is 3. The summed E-state index contributed by atoms with van der Waals surface area (Å²) < 4.78 is 12.7. The molecule has 0 atom stereocenters. The van der Waals surface area contributed by atoms with Crippen LogP contribution in [0.15, 0.2) is 24.5 Å². The molecule has 1 aliphatic heterocycles. The van der Waals surface area contributed by atoms with E-state index in [1.807, 2.05) is 43.5 Å². The van der Waals surface area contributed by atoms with E-state index in [9.17, 15) is 4.79 Å². The van der Waals surface area contributed by atoms with Gasteiger partial charge in [-0.2, -0.15) is 0 Å². The van der Waals surface area contributed by atoms with Crippen molar-refractivity contribution < 1.29 is 14.3 Å². The predicted octanol–water partition coefficient (Wildman–Crippen LogP) is 2.18. The highest BCUT2D eigenvalue weighted by Gasteiger charge is 2.19. The average Bonchev–Trinajstić information content (AvgIpc) is 2.92. The van der Waals surface area contributed by atoms with E-state index in [1.54, 1.807) is 6.33 Å². The molecule has 0 spiro atoms. The van der Waals surface area contributed by atoms with Crippen molar-refractivity contribution in [3.63, 3.8) is 0 Å². The number of benzene rings is 1. The number of nitrogens with one attached hydrogen (secondary N) is 1. The highest BCUT2D eigenvalue weighted by atomic mass is 16.6. The molecule has 1 aromatic heterocycles. The molecule has 2 heterocycles. The van der Waals surface area contributed by atoms with Gasteiger partial charge in [0.25, 0.3) is 0 Å². The number of carbonyl (C=O) groups excluding carboxylic acids is 1. The summed E-state index contributed by atoms with van der Waals surface area (Å²) in [5.74, 6) is 1.53. The summed E-state index contributed by atoms with van der Waals surface area (Å²) in [6.45, 7) is 6.27. The van der Waals surface area contributed by atoms with E-state index < -0.39 is 11.7 Å². The van der Waals surface area contributed by atoms with Gasteiger partial charge < -0.3 is 14.8 Å². The third-order valence-corrected chi connectivity index (χ3v) is 3.09. The molecule has 1 aliphatic rings. The molecule has 3 rings (SSSR count). The van der Waals surface area contributed by atoms with Crippen LogP contribution >= 0.6 is 0 Å². The fourth-order valence-electron chi connectivity index (χ4n) is 2.17. The van der Waals surface area contributed by atoms with Gasteiger partial charge in [0.05, 0.1) is 5.69 Å². The second kappa shape index (κ2) is 5.32. The molecule has 0 unspecified atom stereocenters. The summed E-state index contributed by atoms with van der Waals surface area (Å²) in [6, 6.07) is 5.73. The monoisotopic (exact) mass is 302 g/mol. The van der Waals surface area contributed by atoms with Crippen molar-refractivity contribution in [2.24, 2.45) is 0 Å². The van der Waals surface area contributed by atoms with Gasteiger partial charge in [-0.25, -0.2) is 4.79 Å². The molecule has 7 heteroatoms. The third kappa shape index (κ3) is 3.03. The highest BCUT2D eigenvalue weighted by molar-refractivity contribution is 5.67. The van der Waals surface area contributed by atoms with E-state index in [0.29, 0.717) is 13.2 Å². The molecule has 0 bridgehead atoms. The number of nitrogens with zero attached hydrogens (tertiary/aromatic N) is 3. The van der Waals surface area contributed by atoms with Gasteiger partial charge in [-0.05, 0) is 38.5 Å². The fraction of sp³-hybridized carbons (Fsp3) is 0.400. The number of rotatable bonds is 2. The number of amides is 1. The lowest BCUT2D eigenvalue weighted by molar-refractivity contribution is 0.0523. The van der Waals surface area contributed by atoms with Crippen LogP contribution in [0.2, 0.25) is 0 Å². The zero-order valence-corrected chi connectivity index (χ0v) is 12.8. The van der Waals surface area contributed by atoms with Gasteiger partial charge in [-0.1, -0.05) is 6.07 Å². The van der Waals surface area contributed by atoms with Crippen LogP contribution in [0.25, 0.3) is 5.69 Å². The van der Waals surface area contributed by atoms with Gasteiger partial charge in [0, 0.05) is 6.54 Å². The van der Waals surface area contributed by atoms with Crippen molar-refractivity contribution in [1.29, 1.82) is 0 Å². The Bertz CT molecular complexity index is 703. The standard InChI is InChI=1S/C15H18N4O3/c1-15(2,3)22-14(20)16-7-10-4-5-12-11(6-10)19-9-17-18-13(19)8-21-12/h4-6,9H,7-8H2,1-3H3,(H,16,20). The summed E-state index contributed by atoms with van der Waals surface area (Å²) in [6.07, 6.45) is 1.22.